The van der Waals surface area contributed by atoms with E-state index in [1.165, 1.54) is 18.6 Å². The van der Waals surface area contributed by atoms with Crippen molar-refractivity contribution in [2.24, 2.45) is 5.92 Å². The summed E-state index contributed by atoms with van der Waals surface area (Å²) in [6.07, 6.45) is 6.02. The maximum Gasteiger partial charge on any atom is 0.408 e. The van der Waals surface area contributed by atoms with E-state index in [-0.39, 0.29) is 25.6 Å². The number of carbonyl (C=O) groups excluding carboxylic acids is 3. The van der Waals surface area contributed by atoms with E-state index < -0.39 is 42.3 Å². The van der Waals surface area contributed by atoms with Crippen LogP contribution in [-0.2, 0) is 40.3 Å². The van der Waals surface area contributed by atoms with Crippen molar-refractivity contribution in [2.75, 3.05) is 0 Å². The first-order valence-corrected chi connectivity index (χ1v) is 15.8. The molecule has 4 rings (SSSR count). The van der Waals surface area contributed by atoms with E-state index in [1.807, 2.05) is 74.5 Å². The summed E-state index contributed by atoms with van der Waals surface area (Å²) < 4.78 is 10.7. The largest absolute Gasteiger partial charge is 0.445 e. The predicted molar refractivity (Wildman–Crippen MR) is 178 cm³/mol. The molecular formula is C36H42N6O6. The SMILES string of the molecule is CC(C)[C@H](NC(=O)OCc1cnccn1)C(=O)N[C@@H](Cc1ccccc1)C[C@H](O)[C@H](Cc1ccccc1)NC(=O)OCc1cccnc1. The number of hydrogen-bond donors (Lipinski definition) is 4. The number of nitrogens with one attached hydrogen (secondary N) is 3. The average Bonchev–Trinajstić information content (AvgIpc) is 3.10. The molecule has 4 atom stereocenters. The molecule has 4 aromatic rings. The van der Waals surface area contributed by atoms with Gasteiger partial charge >= 0.3 is 12.2 Å². The topological polar surface area (TPSA) is 165 Å². The highest BCUT2D eigenvalue weighted by molar-refractivity contribution is 5.86. The quantitative estimate of drug-likeness (QED) is 0.139. The Kier molecular flexibility index (Phi) is 13.8. The zero-order chi connectivity index (χ0) is 34.1. The van der Waals surface area contributed by atoms with Gasteiger partial charge in [0.05, 0.1) is 24.0 Å². The van der Waals surface area contributed by atoms with Gasteiger partial charge in [-0.25, -0.2) is 9.59 Å². The molecule has 0 aliphatic carbocycles. The Morgan fingerprint density at radius 2 is 1.33 bits per heavy atom. The Labute approximate surface area is 280 Å². The molecule has 0 radical (unpaired) electrons. The molecule has 0 saturated carbocycles. The highest BCUT2D eigenvalue weighted by Crippen LogP contribution is 2.15. The van der Waals surface area contributed by atoms with Gasteiger partial charge in [0.1, 0.15) is 19.3 Å². The summed E-state index contributed by atoms with van der Waals surface area (Å²) in [5.41, 5.74) is 3.04. The van der Waals surface area contributed by atoms with Crippen molar-refractivity contribution < 1.29 is 29.0 Å². The molecule has 12 nitrogen and oxygen atoms in total. The van der Waals surface area contributed by atoms with E-state index in [1.54, 1.807) is 24.5 Å². The van der Waals surface area contributed by atoms with Gasteiger partial charge in [-0.05, 0) is 42.4 Å². The van der Waals surface area contributed by atoms with E-state index in [9.17, 15) is 19.5 Å². The highest BCUT2D eigenvalue weighted by atomic mass is 16.6. The summed E-state index contributed by atoms with van der Waals surface area (Å²) in [5, 5.41) is 20.1. The van der Waals surface area contributed by atoms with E-state index in [4.69, 9.17) is 9.47 Å². The molecule has 0 unspecified atom stereocenters. The molecule has 0 aliphatic rings. The second-order valence-electron chi connectivity index (χ2n) is 11.7. The first kappa shape index (κ1) is 35.5. The van der Waals surface area contributed by atoms with Crippen LogP contribution in [0, 0.1) is 5.92 Å². The third-order valence-corrected chi connectivity index (χ3v) is 7.55. The van der Waals surface area contributed by atoms with Gasteiger partial charge in [0.2, 0.25) is 5.91 Å². The van der Waals surface area contributed by atoms with E-state index in [2.05, 4.69) is 30.9 Å². The van der Waals surface area contributed by atoms with Gasteiger partial charge in [-0.2, -0.15) is 0 Å². The Morgan fingerprint density at radius 1 is 0.708 bits per heavy atom. The lowest BCUT2D eigenvalue weighted by Crippen LogP contribution is -2.54. The van der Waals surface area contributed by atoms with E-state index >= 15 is 0 Å². The van der Waals surface area contributed by atoms with Crippen LogP contribution in [0.25, 0.3) is 0 Å². The molecule has 0 aliphatic heterocycles. The number of amides is 3. The summed E-state index contributed by atoms with van der Waals surface area (Å²) in [6.45, 7) is 3.54. The zero-order valence-electron chi connectivity index (χ0n) is 27.1. The standard InChI is InChI=1S/C36H42N6O6/c1-25(2)33(42-36(46)48-24-30-22-38-16-17-39-30)34(44)40-29(18-26-10-5-3-6-11-26)20-32(43)31(19-27-12-7-4-8-13-27)41-35(45)47-23-28-14-9-15-37-21-28/h3-17,21-22,25,29,31-33,43H,18-20,23-24H2,1-2H3,(H,40,44)(H,41,45)(H,42,46)/t29-,31-,32-,33-/m0/s1. The number of benzene rings is 2. The second kappa shape index (κ2) is 18.7. The molecule has 2 aromatic heterocycles. The molecule has 0 spiro atoms. The smallest absolute Gasteiger partial charge is 0.408 e. The molecule has 0 fully saturated rings. The predicted octanol–water partition coefficient (Wildman–Crippen LogP) is 4.14. The second-order valence-corrected chi connectivity index (χ2v) is 11.7. The van der Waals surface area contributed by atoms with Crippen LogP contribution in [-0.4, -0.2) is 62.4 Å². The van der Waals surface area contributed by atoms with Crippen LogP contribution >= 0.6 is 0 Å². The number of nitrogens with zero attached hydrogens (tertiary/aromatic N) is 3. The lowest BCUT2D eigenvalue weighted by Gasteiger charge is -2.30. The van der Waals surface area contributed by atoms with Crippen molar-refractivity contribution in [1.82, 2.24) is 30.9 Å². The van der Waals surface area contributed by atoms with Gasteiger partial charge in [-0.1, -0.05) is 80.6 Å². The van der Waals surface area contributed by atoms with Gasteiger partial charge in [-0.3, -0.25) is 19.7 Å². The van der Waals surface area contributed by atoms with Crippen LogP contribution in [0.3, 0.4) is 0 Å². The van der Waals surface area contributed by atoms with Crippen molar-refractivity contribution >= 4 is 18.1 Å². The number of aliphatic hydroxyl groups excluding tert-OH is 1. The monoisotopic (exact) mass is 654 g/mol. The fourth-order valence-corrected chi connectivity index (χ4v) is 5.06. The first-order valence-electron chi connectivity index (χ1n) is 15.8. The first-order chi connectivity index (χ1) is 23.3. The number of aliphatic hydroxyl groups is 1. The summed E-state index contributed by atoms with van der Waals surface area (Å²) in [4.78, 5) is 51.3. The molecule has 0 saturated heterocycles. The molecular weight excluding hydrogens is 612 g/mol. The van der Waals surface area contributed by atoms with Gasteiger partial charge < -0.3 is 30.5 Å². The molecule has 3 amide bonds. The van der Waals surface area contributed by atoms with Crippen LogP contribution < -0.4 is 16.0 Å². The summed E-state index contributed by atoms with van der Waals surface area (Å²) >= 11 is 0. The number of pyridine rings is 1. The summed E-state index contributed by atoms with van der Waals surface area (Å²) in [6, 6.07) is 20.4. The Hall–Kier alpha value is -5.36. The minimum Gasteiger partial charge on any atom is -0.445 e. The highest BCUT2D eigenvalue weighted by Gasteiger charge is 2.30. The lowest BCUT2D eigenvalue weighted by atomic mass is 9.93. The van der Waals surface area contributed by atoms with Gasteiger partial charge in [-0.15, -0.1) is 0 Å². The average molecular weight is 655 g/mol. The van der Waals surface area contributed by atoms with Crippen LogP contribution in [0.1, 0.15) is 42.7 Å². The minimum absolute atomic E-state index is 0.0191. The third kappa shape index (κ3) is 12.1. The number of carbonyl (C=O) groups is 3. The Balaban J connectivity index is 1.46. The van der Waals surface area contributed by atoms with Crippen LogP contribution in [0.4, 0.5) is 9.59 Å². The number of ether oxygens (including phenoxy) is 2. The fourth-order valence-electron chi connectivity index (χ4n) is 5.06. The van der Waals surface area contributed by atoms with Crippen molar-refractivity contribution in [3.63, 3.8) is 0 Å². The summed E-state index contributed by atoms with van der Waals surface area (Å²) in [5.74, 6) is -0.712. The number of hydrogen-bond acceptors (Lipinski definition) is 9. The molecule has 48 heavy (non-hydrogen) atoms. The number of aromatic nitrogens is 3. The van der Waals surface area contributed by atoms with Gasteiger partial charge in [0.15, 0.2) is 0 Å². The number of rotatable bonds is 16. The van der Waals surface area contributed by atoms with Crippen molar-refractivity contribution in [2.45, 2.75) is 70.6 Å². The van der Waals surface area contributed by atoms with Crippen LogP contribution in [0.5, 0.6) is 0 Å². The lowest BCUT2D eigenvalue weighted by molar-refractivity contribution is -0.125. The van der Waals surface area contributed by atoms with E-state index in [0.29, 0.717) is 18.5 Å². The number of alkyl carbamates (subject to hydrolysis) is 2. The van der Waals surface area contributed by atoms with Crippen molar-refractivity contribution in [3.8, 4) is 0 Å². The molecule has 0 bridgehead atoms. The molecule has 2 aromatic carbocycles. The normalized spacial score (nSPS) is 13.4. The van der Waals surface area contributed by atoms with Crippen molar-refractivity contribution in [3.05, 3.63) is 126 Å². The molecule has 4 N–H and O–H groups in total. The maximum atomic E-state index is 13.7. The minimum atomic E-state index is -1.08. The summed E-state index contributed by atoms with van der Waals surface area (Å²) in [7, 11) is 0. The Bertz CT molecular complexity index is 1550. The molecule has 2 heterocycles. The fraction of sp³-hybridized carbons (Fsp3) is 0.333. The third-order valence-electron chi connectivity index (χ3n) is 7.55. The van der Waals surface area contributed by atoms with Gasteiger partial charge in [0, 0.05) is 36.4 Å². The zero-order valence-corrected chi connectivity index (χ0v) is 27.1. The maximum absolute atomic E-state index is 13.7. The van der Waals surface area contributed by atoms with Crippen molar-refractivity contribution in [1.29, 1.82) is 0 Å². The van der Waals surface area contributed by atoms with E-state index in [0.717, 1.165) is 16.7 Å². The molecule has 12 heteroatoms. The van der Waals surface area contributed by atoms with Crippen LogP contribution in [0.2, 0.25) is 0 Å². The molecule has 252 valence electrons. The van der Waals surface area contributed by atoms with Gasteiger partial charge in [0.25, 0.3) is 0 Å². The van der Waals surface area contributed by atoms with Crippen LogP contribution in [0.15, 0.2) is 104 Å². The Morgan fingerprint density at radius 3 is 1.96 bits per heavy atom.